The van der Waals surface area contributed by atoms with Gasteiger partial charge in [0.05, 0.1) is 11.3 Å². The molecule has 0 aliphatic carbocycles. The first-order valence-corrected chi connectivity index (χ1v) is 8.40. The number of halogens is 1. The van der Waals surface area contributed by atoms with Gasteiger partial charge in [0.2, 0.25) is 11.8 Å². The Bertz CT molecular complexity index is 604. The van der Waals surface area contributed by atoms with Gasteiger partial charge in [0, 0.05) is 31.7 Å². The van der Waals surface area contributed by atoms with Crippen LogP contribution in [0.15, 0.2) is 24.3 Å². The highest BCUT2D eigenvalue weighted by molar-refractivity contribution is 5.88. The van der Waals surface area contributed by atoms with Crippen LogP contribution >= 0.6 is 0 Å². The monoisotopic (exact) mass is 335 g/mol. The van der Waals surface area contributed by atoms with Crippen molar-refractivity contribution in [3.63, 3.8) is 0 Å². The maximum atomic E-state index is 14.1. The number of hydrogen-bond acceptors (Lipinski definition) is 3. The molecule has 0 saturated carbocycles. The van der Waals surface area contributed by atoms with Crippen LogP contribution in [0.2, 0.25) is 0 Å². The summed E-state index contributed by atoms with van der Waals surface area (Å²) in [6.45, 7) is 5.24. The Hall–Kier alpha value is -1.95. The molecular formula is C18H26FN3O2. The van der Waals surface area contributed by atoms with Gasteiger partial charge in [0.1, 0.15) is 5.82 Å². The molecule has 1 aliphatic heterocycles. The summed E-state index contributed by atoms with van der Waals surface area (Å²) in [5.74, 6) is -0.832. The van der Waals surface area contributed by atoms with E-state index in [1.165, 1.54) is 6.07 Å². The molecule has 0 bridgehead atoms. The van der Waals surface area contributed by atoms with E-state index in [1.807, 2.05) is 0 Å². The number of rotatable bonds is 5. The minimum Gasteiger partial charge on any atom is -0.355 e. The van der Waals surface area contributed by atoms with Crippen molar-refractivity contribution in [3.05, 3.63) is 35.6 Å². The number of likely N-dealkylation sites (tertiary alicyclic amines) is 1. The van der Waals surface area contributed by atoms with Gasteiger partial charge in [-0.05, 0) is 32.8 Å². The zero-order valence-electron chi connectivity index (χ0n) is 14.3. The molecule has 0 spiro atoms. The fourth-order valence-corrected chi connectivity index (χ4v) is 3.19. The van der Waals surface area contributed by atoms with Gasteiger partial charge in [-0.15, -0.1) is 0 Å². The first-order chi connectivity index (χ1) is 11.4. The molecular weight excluding hydrogens is 309 g/mol. The molecule has 132 valence electrons. The number of carbonyl (C=O) groups is 2. The fraction of sp³-hybridized carbons (Fsp3) is 0.556. The molecule has 1 aliphatic rings. The molecule has 1 atom stereocenters. The number of carbonyl (C=O) groups excluding carboxylic acids is 2. The van der Waals surface area contributed by atoms with Gasteiger partial charge in [-0.25, -0.2) is 4.39 Å². The van der Waals surface area contributed by atoms with Crippen LogP contribution in [0.4, 0.5) is 4.39 Å². The molecule has 1 aromatic rings. The second kappa shape index (κ2) is 7.75. The highest BCUT2D eigenvalue weighted by Gasteiger charge is 2.38. The maximum Gasteiger partial charge on any atom is 0.232 e. The lowest BCUT2D eigenvalue weighted by atomic mass is 9.82. The van der Waals surface area contributed by atoms with Crippen LogP contribution in [0.5, 0.6) is 0 Å². The second-order valence-electron chi connectivity index (χ2n) is 6.77. The Morgan fingerprint density at radius 3 is 2.75 bits per heavy atom. The maximum absolute atomic E-state index is 14.1. The average molecular weight is 335 g/mol. The summed E-state index contributed by atoms with van der Waals surface area (Å²) in [4.78, 5) is 26.8. The Morgan fingerprint density at radius 2 is 2.08 bits per heavy atom. The topological polar surface area (TPSA) is 75.4 Å². The SMILES string of the molecule is CC(C)(C(=O)N1CCCC(C(=O)NCCN)C1)c1ccccc1F. The van der Waals surface area contributed by atoms with Gasteiger partial charge in [0.25, 0.3) is 0 Å². The Morgan fingerprint density at radius 1 is 1.38 bits per heavy atom. The molecule has 1 saturated heterocycles. The molecule has 2 rings (SSSR count). The third-order valence-corrected chi connectivity index (χ3v) is 4.60. The Kier molecular flexibility index (Phi) is 5.94. The van der Waals surface area contributed by atoms with Crippen LogP contribution < -0.4 is 11.1 Å². The minimum atomic E-state index is -0.971. The summed E-state index contributed by atoms with van der Waals surface area (Å²) in [6.07, 6.45) is 1.51. The number of nitrogens with two attached hydrogens (primary N) is 1. The van der Waals surface area contributed by atoms with Crippen LogP contribution in [-0.2, 0) is 15.0 Å². The van der Waals surface area contributed by atoms with Gasteiger partial charge in [-0.1, -0.05) is 18.2 Å². The number of nitrogens with zero attached hydrogens (tertiary/aromatic N) is 1. The molecule has 5 nitrogen and oxygen atoms in total. The molecule has 1 aromatic carbocycles. The van der Waals surface area contributed by atoms with Gasteiger partial charge >= 0.3 is 0 Å². The number of amides is 2. The first-order valence-electron chi connectivity index (χ1n) is 8.40. The molecule has 3 N–H and O–H groups in total. The van der Waals surface area contributed by atoms with Crippen LogP contribution in [0.3, 0.4) is 0 Å². The van der Waals surface area contributed by atoms with Crippen molar-refractivity contribution in [2.45, 2.75) is 32.1 Å². The lowest BCUT2D eigenvalue weighted by Gasteiger charge is -2.37. The van der Waals surface area contributed by atoms with Crippen molar-refractivity contribution in [2.75, 3.05) is 26.2 Å². The van der Waals surface area contributed by atoms with E-state index in [0.29, 0.717) is 31.7 Å². The number of nitrogens with one attached hydrogen (secondary N) is 1. The van der Waals surface area contributed by atoms with Crippen molar-refractivity contribution < 1.29 is 14.0 Å². The first kappa shape index (κ1) is 18.4. The third-order valence-electron chi connectivity index (χ3n) is 4.60. The van der Waals surface area contributed by atoms with Gasteiger partial charge < -0.3 is 16.0 Å². The van der Waals surface area contributed by atoms with E-state index < -0.39 is 5.41 Å². The van der Waals surface area contributed by atoms with Crippen molar-refractivity contribution >= 4 is 11.8 Å². The number of hydrogen-bond donors (Lipinski definition) is 2. The van der Waals surface area contributed by atoms with Crippen molar-refractivity contribution in [1.82, 2.24) is 10.2 Å². The molecule has 0 radical (unpaired) electrons. The Labute approximate surface area is 142 Å². The Balaban J connectivity index is 2.11. The van der Waals surface area contributed by atoms with Crippen molar-refractivity contribution in [2.24, 2.45) is 11.7 Å². The smallest absolute Gasteiger partial charge is 0.232 e. The minimum absolute atomic E-state index is 0.0679. The van der Waals surface area contributed by atoms with Crippen LogP contribution in [0.25, 0.3) is 0 Å². The molecule has 1 heterocycles. The molecule has 1 fully saturated rings. The van der Waals surface area contributed by atoms with Crippen LogP contribution in [-0.4, -0.2) is 42.9 Å². The molecule has 24 heavy (non-hydrogen) atoms. The summed E-state index contributed by atoms with van der Waals surface area (Å²) in [5, 5.41) is 2.78. The lowest BCUT2D eigenvalue weighted by molar-refractivity contribution is -0.140. The van der Waals surface area contributed by atoms with E-state index in [2.05, 4.69) is 5.32 Å². The number of benzene rings is 1. The predicted octanol–water partition coefficient (Wildman–Crippen LogP) is 1.42. The number of piperidine rings is 1. The summed E-state index contributed by atoms with van der Waals surface area (Å²) >= 11 is 0. The molecule has 2 amide bonds. The zero-order chi connectivity index (χ0) is 17.7. The molecule has 1 unspecified atom stereocenters. The van der Waals surface area contributed by atoms with Crippen molar-refractivity contribution in [3.8, 4) is 0 Å². The molecule has 0 aromatic heterocycles. The average Bonchev–Trinajstić information content (AvgIpc) is 2.59. The largest absolute Gasteiger partial charge is 0.355 e. The lowest BCUT2D eigenvalue weighted by Crippen LogP contribution is -2.51. The van der Waals surface area contributed by atoms with Gasteiger partial charge in [0.15, 0.2) is 0 Å². The van der Waals surface area contributed by atoms with Gasteiger partial charge in [-0.3, -0.25) is 9.59 Å². The third kappa shape index (κ3) is 3.93. The van der Waals surface area contributed by atoms with Crippen LogP contribution in [0, 0.1) is 11.7 Å². The standard InChI is InChI=1S/C18H26FN3O2/c1-18(2,14-7-3-4-8-15(14)19)17(24)22-11-5-6-13(12-22)16(23)21-10-9-20/h3-4,7-8,13H,5-6,9-12,20H2,1-2H3,(H,21,23). The highest BCUT2D eigenvalue weighted by Crippen LogP contribution is 2.30. The highest BCUT2D eigenvalue weighted by atomic mass is 19.1. The van der Waals surface area contributed by atoms with E-state index >= 15 is 0 Å². The van der Waals surface area contributed by atoms with E-state index in [0.717, 1.165) is 12.8 Å². The van der Waals surface area contributed by atoms with Crippen molar-refractivity contribution in [1.29, 1.82) is 0 Å². The summed E-state index contributed by atoms with van der Waals surface area (Å²) in [7, 11) is 0. The van der Waals surface area contributed by atoms with Crippen LogP contribution in [0.1, 0.15) is 32.3 Å². The van der Waals surface area contributed by atoms with E-state index in [9.17, 15) is 14.0 Å². The fourth-order valence-electron chi connectivity index (χ4n) is 3.19. The van der Waals surface area contributed by atoms with E-state index in [1.54, 1.807) is 36.9 Å². The zero-order valence-corrected chi connectivity index (χ0v) is 14.3. The molecule has 6 heteroatoms. The summed E-state index contributed by atoms with van der Waals surface area (Å²) < 4.78 is 14.1. The van der Waals surface area contributed by atoms with Gasteiger partial charge in [-0.2, -0.15) is 0 Å². The summed E-state index contributed by atoms with van der Waals surface area (Å²) in [6, 6.07) is 6.34. The normalized spacial score (nSPS) is 18.3. The quantitative estimate of drug-likeness (QED) is 0.854. The second-order valence-corrected chi connectivity index (χ2v) is 6.77. The predicted molar refractivity (Wildman–Crippen MR) is 90.8 cm³/mol. The van der Waals surface area contributed by atoms with E-state index in [4.69, 9.17) is 5.73 Å². The summed E-state index contributed by atoms with van der Waals surface area (Å²) in [5.41, 5.74) is 4.81. The van der Waals surface area contributed by atoms with E-state index in [-0.39, 0.29) is 23.5 Å².